The first-order chi connectivity index (χ1) is 15.6. The molecule has 0 amide bonds. The Balaban J connectivity index is 1.81. The lowest BCUT2D eigenvalue weighted by atomic mass is 9.59. The molecule has 3 nitrogen and oxygen atoms in total. The standard InChI is InChI=1S/C28H32F3N3/c1-9-17-13-20-21(26(5,6)27(7,8)25(20,3)4)14-19(17)22-11-10-18(15-32-22)24-33-16(2)12-23(34-24)28(29,30)31/h10-15H,9H2,1-8H3. The van der Waals surface area contributed by atoms with Crippen molar-refractivity contribution in [2.75, 3.05) is 0 Å². The molecule has 1 aliphatic rings. The number of fused-ring (bicyclic) bond motifs is 1. The number of alkyl halides is 3. The van der Waals surface area contributed by atoms with Crippen LogP contribution in [0.25, 0.3) is 22.6 Å². The van der Waals surface area contributed by atoms with E-state index in [1.54, 1.807) is 12.3 Å². The summed E-state index contributed by atoms with van der Waals surface area (Å²) in [6.45, 7) is 17.6. The van der Waals surface area contributed by atoms with Crippen molar-refractivity contribution in [1.29, 1.82) is 0 Å². The fraction of sp³-hybridized carbons (Fsp3) is 0.464. The molecule has 0 unspecified atom stereocenters. The molecule has 0 spiro atoms. The van der Waals surface area contributed by atoms with Crippen molar-refractivity contribution in [3.05, 3.63) is 64.6 Å². The molecule has 6 heteroatoms. The van der Waals surface area contributed by atoms with E-state index in [1.807, 2.05) is 6.07 Å². The molecule has 180 valence electrons. The minimum absolute atomic E-state index is 0.0181. The SMILES string of the molecule is CCc1cc2c(cc1-c1ccc(-c3nc(C)cc(C(F)(F)F)n3)cn1)C(C)(C)C(C)(C)C2(C)C. The number of pyridine rings is 1. The quantitative estimate of drug-likeness (QED) is 0.396. The molecule has 0 bridgehead atoms. The van der Waals surface area contributed by atoms with E-state index in [0.29, 0.717) is 5.56 Å². The summed E-state index contributed by atoms with van der Waals surface area (Å²) in [6.07, 6.45) is -2.10. The van der Waals surface area contributed by atoms with Gasteiger partial charge >= 0.3 is 6.18 Å². The van der Waals surface area contributed by atoms with Crippen LogP contribution in [0.1, 0.15) is 76.5 Å². The van der Waals surface area contributed by atoms with E-state index in [2.05, 4.69) is 75.6 Å². The third kappa shape index (κ3) is 3.53. The number of aryl methyl sites for hydroxylation is 2. The summed E-state index contributed by atoms with van der Waals surface area (Å²) in [5.41, 5.74) is 5.61. The van der Waals surface area contributed by atoms with Gasteiger partial charge in [-0.3, -0.25) is 4.98 Å². The number of aromatic nitrogens is 3. The Bertz CT molecular complexity index is 1250. The van der Waals surface area contributed by atoms with Crippen molar-refractivity contribution in [2.45, 2.75) is 78.8 Å². The Kier molecular flexibility index (Phi) is 5.46. The number of nitrogens with zero attached hydrogens (tertiary/aromatic N) is 3. The Hall–Kier alpha value is -2.76. The second-order valence-corrected chi connectivity index (χ2v) is 10.9. The van der Waals surface area contributed by atoms with E-state index in [4.69, 9.17) is 0 Å². The first-order valence-electron chi connectivity index (χ1n) is 11.7. The third-order valence-corrected chi connectivity index (χ3v) is 8.54. The summed E-state index contributed by atoms with van der Waals surface area (Å²) < 4.78 is 39.6. The Morgan fingerprint density at radius 3 is 2.00 bits per heavy atom. The van der Waals surface area contributed by atoms with Gasteiger partial charge in [0.2, 0.25) is 0 Å². The fourth-order valence-corrected chi connectivity index (χ4v) is 5.19. The molecule has 0 atom stereocenters. The van der Waals surface area contributed by atoms with Gasteiger partial charge in [-0.1, -0.05) is 54.5 Å². The predicted molar refractivity (Wildman–Crippen MR) is 130 cm³/mol. The van der Waals surface area contributed by atoms with Gasteiger partial charge in [0, 0.05) is 23.0 Å². The lowest BCUT2D eigenvalue weighted by Gasteiger charge is -2.44. The van der Waals surface area contributed by atoms with Crippen LogP contribution in [0.15, 0.2) is 36.5 Å². The maximum absolute atomic E-state index is 13.2. The fourth-order valence-electron chi connectivity index (χ4n) is 5.19. The van der Waals surface area contributed by atoms with Crippen LogP contribution in [0, 0.1) is 12.3 Å². The van der Waals surface area contributed by atoms with Crippen LogP contribution in [0.2, 0.25) is 0 Å². The maximum Gasteiger partial charge on any atom is 0.433 e. The zero-order chi connectivity index (χ0) is 25.3. The lowest BCUT2D eigenvalue weighted by Crippen LogP contribution is -2.42. The molecule has 0 saturated heterocycles. The number of hydrogen-bond acceptors (Lipinski definition) is 3. The summed E-state index contributed by atoms with van der Waals surface area (Å²) in [4.78, 5) is 12.6. The van der Waals surface area contributed by atoms with Gasteiger partial charge in [0.1, 0.15) is 5.69 Å². The molecule has 0 saturated carbocycles. The molecule has 34 heavy (non-hydrogen) atoms. The summed E-state index contributed by atoms with van der Waals surface area (Å²) in [7, 11) is 0. The van der Waals surface area contributed by atoms with Crippen LogP contribution in [0.4, 0.5) is 13.2 Å². The topological polar surface area (TPSA) is 38.7 Å². The molecule has 0 N–H and O–H groups in total. The molecule has 0 fully saturated rings. The van der Waals surface area contributed by atoms with E-state index in [9.17, 15) is 13.2 Å². The van der Waals surface area contributed by atoms with Gasteiger partial charge < -0.3 is 0 Å². The highest BCUT2D eigenvalue weighted by Crippen LogP contribution is 2.62. The van der Waals surface area contributed by atoms with Crippen molar-refractivity contribution < 1.29 is 13.2 Å². The molecule has 3 aromatic rings. The normalized spacial score (nSPS) is 18.1. The molecular weight excluding hydrogens is 435 g/mol. The lowest BCUT2D eigenvalue weighted by molar-refractivity contribution is -0.141. The summed E-state index contributed by atoms with van der Waals surface area (Å²) >= 11 is 0. The molecule has 2 aromatic heterocycles. The summed E-state index contributed by atoms with van der Waals surface area (Å²) in [5, 5.41) is 0. The average molecular weight is 468 g/mol. The first-order valence-corrected chi connectivity index (χ1v) is 11.7. The molecular formula is C28H32F3N3. The van der Waals surface area contributed by atoms with Gasteiger partial charge in [-0.15, -0.1) is 0 Å². The van der Waals surface area contributed by atoms with Crippen molar-refractivity contribution in [3.8, 4) is 22.6 Å². The Morgan fingerprint density at radius 2 is 1.47 bits per heavy atom. The predicted octanol–water partition coefficient (Wildman–Crippen LogP) is 7.69. The van der Waals surface area contributed by atoms with E-state index >= 15 is 0 Å². The van der Waals surface area contributed by atoms with E-state index in [1.165, 1.54) is 23.6 Å². The summed E-state index contributed by atoms with van der Waals surface area (Å²) in [6, 6.07) is 9.16. The van der Waals surface area contributed by atoms with Crippen LogP contribution in [-0.2, 0) is 23.4 Å². The van der Waals surface area contributed by atoms with Crippen LogP contribution in [-0.4, -0.2) is 15.0 Å². The second-order valence-electron chi connectivity index (χ2n) is 10.9. The van der Waals surface area contributed by atoms with E-state index in [-0.39, 0.29) is 27.8 Å². The van der Waals surface area contributed by atoms with Crippen molar-refractivity contribution in [2.24, 2.45) is 5.41 Å². The zero-order valence-corrected chi connectivity index (χ0v) is 21.1. The number of halogens is 3. The highest BCUT2D eigenvalue weighted by atomic mass is 19.4. The van der Waals surface area contributed by atoms with E-state index in [0.717, 1.165) is 23.7 Å². The third-order valence-electron chi connectivity index (χ3n) is 8.54. The van der Waals surface area contributed by atoms with Gasteiger partial charge in [-0.2, -0.15) is 13.2 Å². The van der Waals surface area contributed by atoms with Crippen LogP contribution in [0.3, 0.4) is 0 Å². The zero-order valence-electron chi connectivity index (χ0n) is 21.1. The first kappa shape index (κ1) is 24.4. The van der Waals surface area contributed by atoms with Gasteiger partial charge in [-0.25, -0.2) is 9.97 Å². The van der Waals surface area contributed by atoms with Crippen molar-refractivity contribution in [3.63, 3.8) is 0 Å². The highest BCUT2D eigenvalue weighted by molar-refractivity contribution is 5.70. The number of rotatable bonds is 3. The minimum atomic E-state index is -4.52. The van der Waals surface area contributed by atoms with Crippen LogP contribution >= 0.6 is 0 Å². The molecule has 4 rings (SSSR count). The minimum Gasteiger partial charge on any atom is -0.255 e. The maximum atomic E-state index is 13.2. The second kappa shape index (κ2) is 7.62. The smallest absolute Gasteiger partial charge is 0.255 e. The molecule has 1 aromatic carbocycles. The van der Waals surface area contributed by atoms with Gasteiger partial charge in [0.15, 0.2) is 5.82 Å². The van der Waals surface area contributed by atoms with Crippen molar-refractivity contribution in [1.82, 2.24) is 15.0 Å². The molecule has 0 aliphatic heterocycles. The van der Waals surface area contributed by atoms with Gasteiger partial charge in [-0.05, 0) is 70.5 Å². The highest BCUT2D eigenvalue weighted by Gasteiger charge is 2.56. The number of hydrogen-bond donors (Lipinski definition) is 0. The van der Waals surface area contributed by atoms with Crippen LogP contribution < -0.4 is 0 Å². The largest absolute Gasteiger partial charge is 0.433 e. The Labute approximate surface area is 199 Å². The summed E-state index contributed by atoms with van der Waals surface area (Å²) in [5.74, 6) is 0.0284. The average Bonchev–Trinajstić information content (AvgIpc) is 2.86. The van der Waals surface area contributed by atoms with E-state index < -0.39 is 11.9 Å². The number of benzene rings is 1. The molecule has 2 heterocycles. The Morgan fingerprint density at radius 1 is 0.853 bits per heavy atom. The van der Waals surface area contributed by atoms with Gasteiger partial charge in [0.25, 0.3) is 0 Å². The monoisotopic (exact) mass is 467 g/mol. The molecule has 0 radical (unpaired) electrons. The molecule has 1 aliphatic carbocycles. The van der Waals surface area contributed by atoms with Crippen LogP contribution in [0.5, 0.6) is 0 Å². The van der Waals surface area contributed by atoms with Gasteiger partial charge in [0.05, 0.1) is 5.69 Å². The van der Waals surface area contributed by atoms with Crippen molar-refractivity contribution >= 4 is 0 Å².